The molecule has 0 aliphatic rings. The summed E-state index contributed by atoms with van der Waals surface area (Å²) in [5.74, 6) is 1.12. The van der Waals surface area contributed by atoms with Gasteiger partial charge in [-0.15, -0.1) is 11.3 Å². The van der Waals surface area contributed by atoms with Crippen LogP contribution >= 0.6 is 11.3 Å². The Morgan fingerprint density at radius 2 is 1.93 bits per heavy atom. The molecule has 0 atom stereocenters. The summed E-state index contributed by atoms with van der Waals surface area (Å²) in [6.07, 6.45) is 2.15. The first-order valence-electron chi connectivity index (χ1n) is 5.07. The minimum atomic E-state index is 0.518. The van der Waals surface area contributed by atoms with Gasteiger partial charge >= 0.3 is 0 Å². The fourth-order valence-corrected chi connectivity index (χ4v) is 2.38. The zero-order chi connectivity index (χ0) is 10.3. The van der Waals surface area contributed by atoms with Gasteiger partial charge in [-0.05, 0) is 17.9 Å². The third kappa shape index (κ3) is 1.57. The second kappa shape index (κ2) is 3.39. The van der Waals surface area contributed by atoms with Crippen molar-refractivity contribution in [2.45, 2.75) is 39.5 Å². The van der Waals surface area contributed by atoms with Gasteiger partial charge in [0.05, 0.1) is 5.69 Å². The lowest BCUT2D eigenvalue weighted by atomic mass is 10.1. The van der Waals surface area contributed by atoms with E-state index in [1.807, 2.05) is 15.9 Å². The highest BCUT2D eigenvalue weighted by Crippen LogP contribution is 2.26. The molecule has 2 rings (SSSR count). The molecule has 0 saturated carbocycles. The molecule has 0 radical (unpaired) electrons. The summed E-state index contributed by atoms with van der Waals surface area (Å²) >= 11 is 1.84. The van der Waals surface area contributed by atoms with Crippen molar-refractivity contribution >= 4 is 16.2 Å². The van der Waals surface area contributed by atoms with Crippen LogP contribution in [0.3, 0.4) is 0 Å². The summed E-state index contributed by atoms with van der Waals surface area (Å²) in [6.45, 7) is 8.79. The molecule has 0 N–H and O–H groups in total. The average Bonchev–Trinajstić information content (AvgIpc) is 2.57. The zero-order valence-electron chi connectivity index (χ0n) is 9.11. The van der Waals surface area contributed by atoms with Gasteiger partial charge in [0.25, 0.3) is 0 Å². The molecule has 2 nitrogen and oxygen atoms in total. The molecular weight excluding hydrogens is 192 g/mol. The van der Waals surface area contributed by atoms with Gasteiger partial charge in [-0.1, -0.05) is 27.7 Å². The molecule has 2 aromatic rings. The zero-order valence-corrected chi connectivity index (χ0v) is 9.93. The van der Waals surface area contributed by atoms with Crippen molar-refractivity contribution in [3.05, 3.63) is 22.8 Å². The molecule has 2 aromatic heterocycles. The van der Waals surface area contributed by atoms with E-state index in [-0.39, 0.29) is 0 Å². The maximum atomic E-state index is 4.54. The van der Waals surface area contributed by atoms with E-state index in [0.29, 0.717) is 11.8 Å². The van der Waals surface area contributed by atoms with Crippen molar-refractivity contribution in [3.63, 3.8) is 0 Å². The molecule has 0 aliphatic heterocycles. The van der Waals surface area contributed by atoms with Gasteiger partial charge < -0.3 is 0 Å². The predicted molar refractivity (Wildman–Crippen MR) is 61.2 cm³/mol. The number of hydrogen-bond donors (Lipinski definition) is 0. The lowest BCUT2D eigenvalue weighted by Crippen LogP contribution is -1.90. The SMILES string of the molecule is CC(C)c1cc2sc(C(C)C)cn2n1. The first-order chi connectivity index (χ1) is 6.58. The van der Waals surface area contributed by atoms with Gasteiger partial charge in [-0.25, -0.2) is 4.52 Å². The predicted octanol–water partition coefficient (Wildman–Crippen LogP) is 3.64. The maximum Gasteiger partial charge on any atom is 0.119 e. The molecule has 0 spiro atoms. The first-order valence-corrected chi connectivity index (χ1v) is 5.88. The second-order valence-electron chi connectivity index (χ2n) is 4.29. The topological polar surface area (TPSA) is 17.3 Å². The molecule has 3 heteroatoms. The highest BCUT2D eigenvalue weighted by atomic mass is 32.1. The summed E-state index contributed by atoms with van der Waals surface area (Å²) in [5, 5.41) is 4.54. The van der Waals surface area contributed by atoms with E-state index in [2.05, 4.69) is 45.1 Å². The van der Waals surface area contributed by atoms with Crippen molar-refractivity contribution < 1.29 is 0 Å². The standard InChI is InChI=1S/C11H16N2S/c1-7(2)9-5-11-13(12-9)6-10(14-11)8(3)4/h5-8H,1-4H3. The van der Waals surface area contributed by atoms with E-state index < -0.39 is 0 Å². The van der Waals surface area contributed by atoms with Crippen LogP contribution in [0.4, 0.5) is 0 Å². The van der Waals surface area contributed by atoms with Crippen LogP contribution in [0.15, 0.2) is 12.3 Å². The Bertz CT molecular complexity index is 368. The largest absolute Gasteiger partial charge is 0.229 e. The highest BCUT2D eigenvalue weighted by Gasteiger charge is 2.10. The van der Waals surface area contributed by atoms with Crippen LogP contribution in [0.1, 0.15) is 50.1 Å². The van der Waals surface area contributed by atoms with Crippen LogP contribution in [0.25, 0.3) is 4.83 Å². The molecule has 0 amide bonds. The van der Waals surface area contributed by atoms with Crippen LogP contribution in [0, 0.1) is 0 Å². The number of rotatable bonds is 2. The molecule has 0 saturated heterocycles. The number of fused-ring (bicyclic) bond motifs is 1. The molecule has 0 bridgehead atoms. The van der Waals surface area contributed by atoms with Gasteiger partial charge in [0.15, 0.2) is 0 Å². The molecule has 0 unspecified atom stereocenters. The number of nitrogens with zero attached hydrogens (tertiary/aromatic N) is 2. The fraction of sp³-hybridized carbons (Fsp3) is 0.545. The van der Waals surface area contributed by atoms with Crippen molar-refractivity contribution in [2.24, 2.45) is 0 Å². The van der Waals surface area contributed by atoms with E-state index in [4.69, 9.17) is 0 Å². The first kappa shape index (κ1) is 9.71. The van der Waals surface area contributed by atoms with Gasteiger partial charge in [0.1, 0.15) is 4.83 Å². The monoisotopic (exact) mass is 208 g/mol. The summed E-state index contributed by atoms with van der Waals surface area (Å²) in [4.78, 5) is 2.67. The van der Waals surface area contributed by atoms with Crippen molar-refractivity contribution in [1.82, 2.24) is 9.61 Å². The summed E-state index contributed by atoms with van der Waals surface area (Å²) in [6, 6.07) is 2.20. The molecule has 14 heavy (non-hydrogen) atoms. The number of aromatic nitrogens is 2. The van der Waals surface area contributed by atoms with Crippen LogP contribution in [-0.4, -0.2) is 9.61 Å². The molecule has 2 heterocycles. The second-order valence-corrected chi connectivity index (χ2v) is 5.39. The normalized spacial score (nSPS) is 12.1. The van der Waals surface area contributed by atoms with Gasteiger partial charge in [-0.2, -0.15) is 5.10 Å². The number of hydrogen-bond acceptors (Lipinski definition) is 2. The van der Waals surface area contributed by atoms with Crippen LogP contribution < -0.4 is 0 Å². The van der Waals surface area contributed by atoms with Crippen LogP contribution in [0.5, 0.6) is 0 Å². The lowest BCUT2D eigenvalue weighted by molar-refractivity contribution is 0.784. The molecule has 76 valence electrons. The lowest BCUT2D eigenvalue weighted by Gasteiger charge is -1.98. The van der Waals surface area contributed by atoms with Crippen molar-refractivity contribution in [3.8, 4) is 0 Å². The minimum Gasteiger partial charge on any atom is -0.229 e. The quantitative estimate of drug-likeness (QED) is 0.736. The minimum absolute atomic E-state index is 0.518. The molecule has 0 aromatic carbocycles. The van der Waals surface area contributed by atoms with E-state index in [9.17, 15) is 0 Å². The number of thiazole rings is 1. The van der Waals surface area contributed by atoms with Crippen molar-refractivity contribution in [1.29, 1.82) is 0 Å². The Balaban J connectivity index is 2.45. The third-order valence-corrected chi connectivity index (χ3v) is 3.68. The van der Waals surface area contributed by atoms with Gasteiger partial charge in [0, 0.05) is 11.1 Å². The summed E-state index contributed by atoms with van der Waals surface area (Å²) in [5.41, 5.74) is 1.19. The molecule has 0 fully saturated rings. The van der Waals surface area contributed by atoms with Gasteiger partial charge in [-0.3, -0.25) is 0 Å². The van der Waals surface area contributed by atoms with E-state index in [0.717, 1.165) is 0 Å². The Morgan fingerprint density at radius 3 is 2.43 bits per heavy atom. The third-order valence-electron chi connectivity index (χ3n) is 2.35. The Hall–Kier alpha value is -0.830. The smallest absolute Gasteiger partial charge is 0.119 e. The van der Waals surface area contributed by atoms with Gasteiger partial charge in [0.2, 0.25) is 0 Å². The molecular formula is C11H16N2S. The van der Waals surface area contributed by atoms with Crippen LogP contribution in [0.2, 0.25) is 0 Å². The van der Waals surface area contributed by atoms with Crippen molar-refractivity contribution in [2.75, 3.05) is 0 Å². The summed E-state index contributed by atoms with van der Waals surface area (Å²) < 4.78 is 2.01. The summed E-state index contributed by atoms with van der Waals surface area (Å²) in [7, 11) is 0. The average molecular weight is 208 g/mol. The fourth-order valence-electron chi connectivity index (χ4n) is 1.38. The Kier molecular flexibility index (Phi) is 2.35. The highest BCUT2D eigenvalue weighted by molar-refractivity contribution is 7.17. The Morgan fingerprint density at radius 1 is 1.21 bits per heavy atom. The molecule has 0 aliphatic carbocycles. The van der Waals surface area contributed by atoms with E-state index in [1.54, 1.807) is 0 Å². The van der Waals surface area contributed by atoms with Crippen LogP contribution in [-0.2, 0) is 0 Å². The van der Waals surface area contributed by atoms with E-state index >= 15 is 0 Å². The Labute approximate surface area is 88.6 Å². The maximum absolute atomic E-state index is 4.54. The van der Waals surface area contributed by atoms with E-state index in [1.165, 1.54) is 15.4 Å².